The molecule has 1 atom stereocenters. The summed E-state index contributed by atoms with van der Waals surface area (Å²) >= 11 is 0. The van der Waals surface area contributed by atoms with E-state index in [2.05, 4.69) is 51.7 Å². The molecule has 1 aliphatic heterocycles. The second kappa shape index (κ2) is 6.15. The Bertz CT molecular complexity index is 543. The van der Waals surface area contributed by atoms with Gasteiger partial charge in [-0.05, 0) is 51.4 Å². The Morgan fingerprint density at radius 2 is 1.86 bits per heavy atom. The summed E-state index contributed by atoms with van der Waals surface area (Å²) in [5.74, 6) is 0. The zero-order chi connectivity index (χ0) is 15.6. The SMILES string of the molecule is Cc1nc(C(C)(C)C)c(C#N)cc1C(C)N1CCCCC1. The molecule has 0 bridgehead atoms. The van der Waals surface area contributed by atoms with Crippen LogP contribution in [0.15, 0.2) is 6.07 Å². The molecule has 3 nitrogen and oxygen atoms in total. The number of piperidine rings is 1. The van der Waals surface area contributed by atoms with Crippen molar-refractivity contribution in [3.8, 4) is 6.07 Å². The molecular weight excluding hydrogens is 258 g/mol. The summed E-state index contributed by atoms with van der Waals surface area (Å²) in [5.41, 5.74) is 3.82. The van der Waals surface area contributed by atoms with Crippen molar-refractivity contribution in [1.82, 2.24) is 9.88 Å². The highest BCUT2D eigenvalue weighted by Gasteiger charge is 2.25. The molecule has 1 unspecified atom stereocenters. The molecule has 0 aliphatic carbocycles. The molecule has 21 heavy (non-hydrogen) atoms. The van der Waals surface area contributed by atoms with E-state index < -0.39 is 0 Å². The van der Waals surface area contributed by atoms with Crippen LogP contribution in [0.1, 0.15) is 75.5 Å². The van der Waals surface area contributed by atoms with Gasteiger partial charge in [0.1, 0.15) is 6.07 Å². The molecule has 0 aromatic carbocycles. The van der Waals surface area contributed by atoms with Gasteiger partial charge < -0.3 is 0 Å². The van der Waals surface area contributed by atoms with Crippen LogP contribution in [0.4, 0.5) is 0 Å². The second-order valence-corrected chi connectivity index (χ2v) is 7.19. The zero-order valence-corrected chi connectivity index (χ0v) is 14.0. The predicted molar refractivity (Wildman–Crippen MR) is 86.2 cm³/mol. The number of nitriles is 1. The monoisotopic (exact) mass is 285 g/mol. The highest BCUT2D eigenvalue weighted by Crippen LogP contribution is 2.30. The number of hydrogen-bond acceptors (Lipinski definition) is 3. The average Bonchev–Trinajstić information content (AvgIpc) is 2.46. The van der Waals surface area contributed by atoms with E-state index in [0.29, 0.717) is 6.04 Å². The van der Waals surface area contributed by atoms with E-state index in [0.717, 1.165) is 30.0 Å². The third-order valence-electron chi connectivity index (χ3n) is 4.47. The van der Waals surface area contributed by atoms with Crippen LogP contribution in [-0.2, 0) is 5.41 Å². The van der Waals surface area contributed by atoms with Gasteiger partial charge in [-0.1, -0.05) is 27.2 Å². The molecule has 1 aromatic heterocycles. The number of aryl methyl sites for hydroxylation is 1. The summed E-state index contributed by atoms with van der Waals surface area (Å²) in [7, 11) is 0. The molecule has 0 radical (unpaired) electrons. The van der Waals surface area contributed by atoms with Crippen LogP contribution in [0.3, 0.4) is 0 Å². The summed E-state index contributed by atoms with van der Waals surface area (Å²) in [4.78, 5) is 7.30. The van der Waals surface area contributed by atoms with Gasteiger partial charge >= 0.3 is 0 Å². The maximum absolute atomic E-state index is 9.49. The van der Waals surface area contributed by atoms with Gasteiger partial charge in [0.2, 0.25) is 0 Å². The molecule has 0 saturated carbocycles. The summed E-state index contributed by atoms with van der Waals surface area (Å²) in [6, 6.07) is 4.76. The first-order valence-corrected chi connectivity index (χ1v) is 8.00. The van der Waals surface area contributed by atoms with Crippen LogP contribution in [0.2, 0.25) is 0 Å². The first kappa shape index (κ1) is 16.0. The van der Waals surface area contributed by atoms with E-state index in [1.54, 1.807) is 0 Å². The van der Waals surface area contributed by atoms with Crippen molar-refractivity contribution in [3.63, 3.8) is 0 Å². The minimum Gasteiger partial charge on any atom is -0.297 e. The van der Waals surface area contributed by atoms with E-state index in [1.165, 1.54) is 24.8 Å². The minimum absolute atomic E-state index is 0.0945. The maximum atomic E-state index is 9.49. The van der Waals surface area contributed by atoms with Crippen LogP contribution in [0.5, 0.6) is 0 Å². The van der Waals surface area contributed by atoms with Gasteiger partial charge in [0.15, 0.2) is 0 Å². The zero-order valence-electron chi connectivity index (χ0n) is 14.0. The number of likely N-dealkylation sites (tertiary alicyclic amines) is 1. The number of nitrogens with zero attached hydrogens (tertiary/aromatic N) is 3. The summed E-state index contributed by atoms with van der Waals surface area (Å²) in [6.45, 7) is 13.0. The summed E-state index contributed by atoms with van der Waals surface area (Å²) in [6.07, 6.45) is 3.90. The topological polar surface area (TPSA) is 39.9 Å². The number of hydrogen-bond donors (Lipinski definition) is 0. The lowest BCUT2D eigenvalue weighted by atomic mass is 9.87. The van der Waals surface area contributed by atoms with Gasteiger partial charge in [0.05, 0.1) is 11.3 Å². The molecule has 1 saturated heterocycles. The first-order valence-electron chi connectivity index (χ1n) is 8.00. The largest absolute Gasteiger partial charge is 0.297 e. The smallest absolute Gasteiger partial charge is 0.101 e. The standard InChI is InChI=1S/C18H27N3/c1-13-16(14(2)21-9-7-6-8-10-21)11-15(12-19)17(20-13)18(3,4)5/h11,14H,6-10H2,1-5H3. The average molecular weight is 285 g/mol. The molecule has 114 valence electrons. The van der Waals surface area contributed by atoms with Gasteiger partial charge in [0, 0.05) is 17.2 Å². The Labute approximate surface area is 129 Å². The van der Waals surface area contributed by atoms with Crippen molar-refractivity contribution in [1.29, 1.82) is 5.26 Å². The number of aromatic nitrogens is 1. The quantitative estimate of drug-likeness (QED) is 0.821. The Balaban J connectivity index is 2.39. The first-order chi connectivity index (χ1) is 9.84. The molecule has 3 heteroatoms. The third-order valence-corrected chi connectivity index (χ3v) is 4.47. The van der Waals surface area contributed by atoms with Crippen molar-refractivity contribution in [2.24, 2.45) is 0 Å². The second-order valence-electron chi connectivity index (χ2n) is 7.19. The fourth-order valence-electron chi connectivity index (χ4n) is 3.20. The van der Waals surface area contributed by atoms with E-state index in [-0.39, 0.29) is 5.41 Å². The van der Waals surface area contributed by atoms with Crippen LogP contribution < -0.4 is 0 Å². The van der Waals surface area contributed by atoms with E-state index >= 15 is 0 Å². The van der Waals surface area contributed by atoms with Crippen LogP contribution >= 0.6 is 0 Å². The van der Waals surface area contributed by atoms with Crippen molar-refractivity contribution in [3.05, 3.63) is 28.6 Å². The highest BCUT2D eigenvalue weighted by molar-refractivity contribution is 5.42. The molecule has 1 aromatic rings. The van der Waals surface area contributed by atoms with Crippen molar-refractivity contribution in [2.75, 3.05) is 13.1 Å². The molecular formula is C18H27N3. The van der Waals surface area contributed by atoms with Gasteiger partial charge in [-0.25, -0.2) is 0 Å². The van der Waals surface area contributed by atoms with Gasteiger partial charge in [-0.15, -0.1) is 0 Å². The predicted octanol–water partition coefficient (Wildman–Crippen LogP) is 4.11. The van der Waals surface area contributed by atoms with Crippen molar-refractivity contribution in [2.45, 2.75) is 65.3 Å². The number of pyridine rings is 1. The summed E-state index contributed by atoms with van der Waals surface area (Å²) in [5, 5.41) is 9.49. The van der Waals surface area contributed by atoms with Gasteiger partial charge in [-0.3, -0.25) is 9.88 Å². The molecule has 0 amide bonds. The van der Waals surface area contributed by atoms with Gasteiger partial charge in [-0.2, -0.15) is 5.26 Å². The number of rotatable bonds is 2. The lowest BCUT2D eigenvalue weighted by molar-refractivity contribution is 0.174. The maximum Gasteiger partial charge on any atom is 0.101 e. The van der Waals surface area contributed by atoms with Crippen LogP contribution in [0, 0.1) is 18.3 Å². The minimum atomic E-state index is -0.0945. The fraction of sp³-hybridized carbons (Fsp3) is 0.667. The van der Waals surface area contributed by atoms with Crippen LogP contribution in [-0.4, -0.2) is 23.0 Å². The Morgan fingerprint density at radius 3 is 2.38 bits per heavy atom. The van der Waals surface area contributed by atoms with Crippen LogP contribution in [0.25, 0.3) is 0 Å². The Hall–Kier alpha value is -1.40. The third kappa shape index (κ3) is 3.44. The molecule has 2 heterocycles. The van der Waals surface area contributed by atoms with Gasteiger partial charge in [0.25, 0.3) is 0 Å². The molecule has 0 spiro atoms. The van der Waals surface area contributed by atoms with E-state index in [9.17, 15) is 5.26 Å². The normalized spacial score (nSPS) is 18.3. The summed E-state index contributed by atoms with van der Waals surface area (Å²) < 4.78 is 0. The van der Waals surface area contributed by atoms with E-state index in [4.69, 9.17) is 4.98 Å². The Morgan fingerprint density at radius 1 is 1.24 bits per heavy atom. The fourth-order valence-corrected chi connectivity index (χ4v) is 3.20. The van der Waals surface area contributed by atoms with E-state index in [1.807, 2.05) is 0 Å². The Kier molecular flexibility index (Phi) is 4.68. The molecule has 2 rings (SSSR count). The lowest BCUT2D eigenvalue weighted by Gasteiger charge is -2.33. The molecule has 1 aliphatic rings. The molecule has 1 fully saturated rings. The van der Waals surface area contributed by atoms with Crippen molar-refractivity contribution >= 4 is 0 Å². The molecule has 0 N–H and O–H groups in total. The lowest BCUT2D eigenvalue weighted by Crippen LogP contribution is -2.33. The highest BCUT2D eigenvalue weighted by atomic mass is 15.2. The van der Waals surface area contributed by atoms with Crippen molar-refractivity contribution < 1.29 is 0 Å².